The van der Waals surface area contributed by atoms with Crippen molar-refractivity contribution in [2.24, 2.45) is 0 Å². The minimum Gasteiger partial charge on any atom is -0.378 e. The van der Waals surface area contributed by atoms with Gasteiger partial charge in [0.05, 0.1) is 24.9 Å². The van der Waals surface area contributed by atoms with E-state index in [1.54, 1.807) is 0 Å². The van der Waals surface area contributed by atoms with Gasteiger partial charge in [-0.05, 0) is 25.3 Å². The molecule has 0 atom stereocenters. The molecule has 0 amide bonds. The first-order chi connectivity index (χ1) is 8.25. The van der Waals surface area contributed by atoms with Crippen LogP contribution in [0.1, 0.15) is 43.1 Å². The third kappa shape index (κ3) is 2.00. The fourth-order valence-electron chi connectivity index (χ4n) is 2.76. The fourth-order valence-corrected chi connectivity index (χ4v) is 2.76. The molecule has 0 aliphatic carbocycles. The summed E-state index contributed by atoms with van der Waals surface area (Å²) in [4.78, 5) is 2.57. The van der Waals surface area contributed by atoms with Crippen LogP contribution in [0.3, 0.4) is 0 Å². The second-order valence-corrected chi connectivity index (χ2v) is 5.49. The molecule has 1 aromatic rings. The number of aromatic nitrogens is 2. The first-order valence-corrected chi connectivity index (χ1v) is 6.63. The number of H-pyrrole nitrogens is 1. The molecule has 3 heterocycles. The molecule has 1 N–H and O–H groups in total. The molecular weight excluding hydrogens is 214 g/mol. The monoisotopic (exact) mass is 235 g/mol. The van der Waals surface area contributed by atoms with E-state index in [4.69, 9.17) is 4.74 Å². The molecule has 1 fully saturated rings. The molecule has 0 unspecified atom stereocenters. The maximum Gasteiger partial charge on any atom is 0.0695 e. The summed E-state index contributed by atoms with van der Waals surface area (Å²) in [6, 6.07) is 0.635. The van der Waals surface area contributed by atoms with Gasteiger partial charge in [-0.3, -0.25) is 10.00 Å². The van der Waals surface area contributed by atoms with Crippen molar-refractivity contribution in [3.05, 3.63) is 17.0 Å². The highest BCUT2D eigenvalue weighted by Crippen LogP contribution is 2.27. The quantitative estimate of drug-likeness (QED) is 0.848. The van der Waals surface area contributed by atoms with E-state index in [-0.39, 0.29) is 0 Å². The number of nitrogens with zero attached hydrogens (tertiary/aromatic N) is 2. The lowest BCUT2D eigenvalue weighted by atomic mass is 10.0. The smallest absolute Gasteiger partial charge is 0.0695 e. The molecule has 2 aliphatic heterocycles. The van der Waals surface area contributed by atoms with Crippen LogP contribution in [0.2, 0.25) is 0 Å². The lowest BCUT2D eigenvalue weighted by molar-refractivity contribution is -0.0675. The molecule has 94 valence electrons. The van der Waals surface area contributed by atoms with Gasteiger partial charge < -0.3 is 4.74 Å². The topological polar surface area (TPSA) is 41.2 Å². The van der Waals surface area contributed by atoms with E-state index >= 15 is 0 Å². The second kappa shape index (κ2) is 4.42. The summed E-state index contributed by atoms with van der Waals surface area (Å²) in [6.07, 6.45) is 2.36. The van der Waals surface area contributed by atoms with E-state index in [1.807, 2.05) is 0 Å². The molecule has 17 heavy (non-hydrogen) atoms. The van der Waals surface area contributed by atoms with Gasteiger partial charge in [0.1, 0.15) is 0 Å². The predicted octanol–water partition coefficient (Wildman–Crippen LogP) is 1.68. The van der Waals surface area contributed by atoms with Gasteiger partial charge in [-0.1, -0.05) is 13.8 Å². The SMILES string of the molecule is CC(C)c1n[nH]c2c1CN(C1COC1)CCC2. The minimum atomic E-state index is 0.507. The number of fused-ring (bicyclic) bond motifs is 1. The molecule has 0 saturated carbocycles. The van der Waals surface area contributed by atoms with E-state index in [9.17, 15) is 0 Å². The summed E-state index contributed by atoms with van der Waals surface area (Å²) in [5.41, 5.74) is 4.06. The normalized spacial score (nSPS) is 22.3. The Morgan fingerprint density at radius 2 is 2.24 bits per heavy atom. The molecule has 0 radical (unpaired) electrons. The molecule has 4 heteroatoms. The summed E-state index contributed by atoms with van der Waals surface area (Å²) in [5.74, 6) is 0.507. The van der Waals surface area contributed by atoms with Gasteiger partial charge in [0.15, 0.2) is 0 Å². The summed E-state index contributed by atoms with van der Waals surface area (Å²) in [7, 11) is 0. The second-order valence-electron chi connectivity index (χ2n) is 5.49. The number of nitrogens with one attached hydrogen (secondary N) is 1. The number of hydrogen-bond donors (Lipinski definition) is 1. The zero-order valence-electron chi connectivity index (χ0n) is 10.7. The Balaban J connectivity index is 1.85. The van der Waals surface area contributed by atoms with Gasteiger partial charge in [0.2, 0.25) is 0 Å². The summed E-state index contributed by atoms with van der Waals surface area (Å²) >= 11 is 0. The lowest BCUT2D eigenvalue weighted by Crippen LogP contribution is -2.48. The van der Waals surface area contributed by atoms with Crippen molar-refractivity contribution in [3.63, 3.8) is 0 Å². The molecule has 4 nitrogen and oxygen atoms in total. The van der Waals surface area contributed by atoms with Crippen molar-refractivity contribution in [1.29, 1.82) is 0 Å². The third-order valence-electron chi connectivity index (χ3n) is 3.90. The van der Waals surface area contributed by atoms with Crippen LogP contribution in [0.5, 0.6) is 0 Å². The molecule has 0 spiro atoms. The zero-order valence-corrected chi connectivity index (χ0v) is 10.7. The molecular formula is C13H21N3O. The van der Waals surface area contributed by atoms with Crippen LogP contribution < -0.4 is 0 Å². The predicted molar refractivity (Wildman–Crippen MR) is 66.0 cm³/mol. The van der Waals surface area contributed by atoms with Crippen LogP contribution in [-0.4, -0.2) is 40.9 Å². The Kier molecular flexibility index (Phi) is 2.92. The van der Waals surface area contributed by atoms with E-state index in [0.29, 0.717) is 12.0 Å². The molecule has 0 aromatic carbocycles. The number of hydrogen-bond acceptors (Lipinski definition) is 3. The van der Waals surface area contributed by atoms with Crippen molar-refractivity contribution in [3.8, 4) is 0 Å². The number of ether oxygens (including phenoxy) is 1. The average molecular weight is 235 g/mol. The van der Waals surface area contributed by atoms with Crippen LogP contribution in [-0.2, 0) is 17.7 Å². The largest absolute Gasteiger partial charge is 0.378 e. The molecule has 3 rings (SSSR count). The Morgan fingerprint density at radius 3 is 2.88 bits per heavy atom. The number of aromatic amines is 1. The van der Waals surface area contributed by atoms with Gasteiger partial charge in [-0.25, -0.2) is 0 Å². The van der Waals surface area contributed by atoms with Gasteiger partial charge in [-0.15, -0.1) is 0 Å². The van der Waals surface area contributed by atoms with Crippen molar-refractivity contribution in [2.75, 3.05) is 19.8 Å². The van der Waals surface area contributed by atoms with Crippen LogP contribution >= 0.6 is 0 Å². The summed E-state index contributed by atoms with van der Waals surface area (Å²) in [6.45, 7) is 8.49. The maximum atomic E-state index is 5.31. The molecule has 1 saturated heterocycles. The highest BCUT2D eigenvalue weighted by atomic mass is 16.5. The Hall–Kier alpha value is -0.870. The zero-order chi connectivity index (χ0) is 11.8. The molecule has 0 bridgehead atoms. The van der Waals surface area contributed by atoms with E-state index < -0.39 is 0 Å². The van der Waals surface area contributed by atoms with Crippen LogP contribution in [0.15, 0.2) is 0 Å². The van der Waals surface area contributed by atoms with Crippen molar-refractivity contribution in [1.82, 2.24) is 15.1 Å². The van der Waals surface area contributed by atoms with Gasteiger partial charge in [0.25, 0.3) is 0 Å². The van der Waals surface area contributed by atoms with E-state index in [2.05, 4.69) is 28.9 Å². The minimum absolute atomic E-state index is 0.507. The van der Waals surface area contributed by atoms with Gasteiger partial charge in [0, 0.05) is 17.8 Å². The van der Waals surface area contributed by atoms with Crippen LogP contribution in [0.4, 0.5) is 0 Å². The highest BCUT2D eigenvalue weighted by molar-refractivity contribution is 5.28. The van der Waals surface area contributed by atoms with Crippen LogP contribution in [0.25, 0.3) is 0 Å². The Labute approximate surface area is 102 Å². The highest BCUT2D eigenvalue weighted by Gasteiger charge is 2.29. The van der Waals surface area contributed by atoms with E-state index in [0.717, 1.165) is 26.2 Å². The summed E-state index contributed by atoms with van der Waals surface area (Å²) in [5, 5.41) is 7.73. The number of rotatable bonds is 2. The standard InChI is InChI=1S/C13H21N3O/c1-9(2)13-11-6-16(10-7-17-8-10)5-3-4-12(11)14-15-13/h9-10H,3-8H2,1-2H3,(H,14,15). The van der Waals surface area contributed by atoms with Crippen molar-refractivity contribution in [2.45, 2.75) is 45.2 Å². The fraction of sp³-hybridized carbons (Fsp3) is 0.769. The Bertz CT molecular complexity index is 395. The summed E-state index contributed by atoms with van der Waals surface area (Å²) < 4.78 is 5.31. The van der Waals surface area contributed by atoms with Gasteiger partial charge in [-0.2, -0.15) is 5.10 Å². The van der Waals surface area contributed by atoms with Crippen molar-refractivity contribution >= 4 is 0 Å². The van der Waals surface area contributed by atoms with Crippen molar-refractivity contribution < 1.29 is 4.74 Å². The third-order valence-corrected chi connectivity index (χ3v) is 3.90. The molecule has 2 aliphatic rings. The van der Waals surface area contributed by atoms with E-state index in [1.165, 1.54) is 29.9 Å². The first-order valence-electron chi connectivity index (χ1n) is 6.63. The first kappa shape index (κ1) is 11.2. The number of aryl methyl sites for hydroxylation is 1. The maximum absolute atomic E-state index is 5.31. The molecule has 1 aromatic heterocycles. The van der Waals surface area contributed by atoms with Crippen LogP contribution in [0, 0.1) is 0 Å². The average Bonchev–Trinajstić information content (AvgIpc) is 2.49. The van der Waals surface area contributed by atoms with Gasteiger partial charge >= 0.3 is 0 Å². The lowest BCUT2D eigenvalue weighted by Gasteiger charge is -2.36. The Morgan fingerprint density at radius 1 is 1.41 bits per heavy atom.